The Morgan fingerprint density at radius 2 is 2.18 bits per heavy atom. The van der Waals surface area contributed by atoms with Crippen molar-refractivity contribution in [2.75, 3.05) is 0 Å². The molecule has 2 N–H and O–H groups in total. The van der Waals surface area contributed by atoms with Crippen molar-refractivity contribution in [2.45, 2.75) is 19.4 Å². The highest BCUT2D eigenvalue weighted by Gasteiger charge is 2.41. The molecule has 1 aliphatic heterocycles. The molecule has 0 fully saturated rings. The first kappa shape index (κ1) is 12.4. The van der Waals surface area contributed by atoms with Crippen molar-refractivity contribution in [3.63, 3.8) is 0 Å². The van der Waals surface area contributed by atoms with E-state index in [9.17, 15) is 9.41 Å². The Morgan fingerprint density at radius 1 is 1.53 bits per heavy atom. The second-order valence-corrected chi connectivity index (χ2v) is 4.65. The van der Waals surface area contributed by atoms with Crippen LogP contribution in [-0.4, -0.2) is 22.5 Å². The molecule has 4 nitrogen and oxygen atoms in total. The summed E-state index contributed by atoms with van der Waals surface area (Å²) in [6.07, 6.45) is 0. The fraction of sp³-hybridized carbons (Fsp3) is 0.300. The number of oxime groups is 1. The Balaban J connectivity index is 2.64. The minimum absolute atomic E-state index is 0.0290. The van der Waals surface area contributed by atoms with Crippen LogP contribution in [0.4, 0.5) is 4.39 Å². The van der Waals surface area contributed by atoms with Crippen molar-refractivity contribution in [1.82, 2.24) is 0 Å². The SMILES string of the molecule is CC1(C)OB(O)c2cc(F)c(C(Cl)=NO)cc21. The fourth-order valence-corrected chi connectivity index (χ4v) is 2.08. The predicted octanol–water partition coefficient (Wildman–Crippen LogP) is 1.15. The van der Waals surface area contributed by atoms with Crippen molar-refractivity contribution in [3.8, 4) is 0 Å². The topological polar surface area (TPSA) is 62.0 Å². The van der Waals surface area contributed by atoms with E-state index in [-0.39, 0.29) is 10.7 Å². The van der Waals surface area contributed by atoms with Crippen LogP contribution < -0.4 is 5.46 Å². The molecule has 2 rings (SSSR count). The van der Waals surface area contributed by atoms with Crippen LogP contribution in [0.5, 0.6) is 0 Å². The molecule has 0 aliphatic carbocycles. The van der Waals surface area contributed by atoms with Gasteiger partial charge in [-0.2, -0.15) is 0 Å². The van der Waals surface area contributed by atoms with Gasteiger partial charge in [-0.1, -0.05) is 16.8 Å². The van der Waals surface area contributed by atoms with Gasteiger partial charge in [0.2, 0.25) is 0 Å². The van der Waals surface area contributed by atoms with Gasteiger partial charge in [0.15, 0.2) is 5.17 Å². The van der Waals surface area contributed by atoms with Gasteiger partial charge in [0.05, 0.1) is 11.2 Å². The maximum atomic E-state index is 13.7. The lowest BCUT2D eigenvalue weighted by Gasteiger charge is -2.20. The summed E-state index contributed by atoms with van der Waals surface area (Å²) in [4.78, 5) is 0. The summed E-state index contributed by atoms with van der Waals surface area (Å²) in [5.74, 6) is -0.674. The summed E-state index contributed by atoms with van der Waals surface area (Å²) in [7, 11) is -1.16. The molecule has 1 aliphatic rings. The molecule has 0 aromatic heterocycles. The fourth-order valence-electron chi connectivity index (χ4n) is 1.93. The van der Waals surface area contributed by atoms with Crippen molar-refractivity contribution in [3.05, 3.63) is 29.1 Å². The molecule has 1 aromatic rings. The maximum absolute atomic E-state index is 13.7. The minimum Gasteiger partial charge on any atom is -0.423 e. The Labute approximate surface area is 103 Å². The molecule has 0 saturated heterocycles. The first-order chi connectivity index (χ1) is 7.86. The Morgan fingerprint density at radius 3 is 2.76 bits per heavy atom. The number of hydrogen-bond acceptors (Lipinski definition) is 4. The number of fused-ring (bicyclic) bond motifs is 1. The molecular formula is C10H10BClFNO3. The van der Waals surface area contributed by atoms with E-state index in [4.69, 9.17) is 21.5 Å². The summed E-state index contributed by atoms with van der Waals surface area (Å²) >= 11 is 5.58. The average Bonchev–Trinajstić information content (AvgIpc) is 2.47. The third kappa shape index (κ3) is 1.92. The molecule has 0 unspecified atom stereocenters. The van der Waals surface area contributed by atoms with Crippen molar-refractivity contribution in [2.24, 2.45) is 5.16 Å². The smallest absolute Gasteiger partial charge is 0.423 e. The van der Waals surface area contributed by atoms with Gasteiger partial charge in [-0.3, -0.25) is 0 Å². The van der Waals surface area contributed by atoms with Crippen LogP contribution >= 0.6 is 11.6 Å². The Bertz CT molecular complexity index is 507. The van der Waals surface area contributed by atoms with E-state index >= 15 is 0 Å². The molecule has 0 bridgehead atoms. The molecule has 0 spiro atoms. The molecule has 1 aromatic carbocycles. The van der Waals surface area contributed by atoms with E-state index in [2.05, 4.69) is 5.16 Å². The third-order valence-electron chi connectivity index (χ3n) is 2.77. The second-order valence-electron chi connectivity index (χ2n) is 4.29. The molecule has 90 valence electrons. The zero-order valence-corrected chi connectivity index (χ0v) is 9.99. The Kier molecular flexibility index (Phi) is 2.89. The molecule has 17 heavy (non-hydrogen) atoms. The highest BCUT2D eigenvalue weighted by Crippen LogP contribution is 2.31. The van der Waals surface area contributed by atoms with Crippen LogP contribution in [0.1, 0.15) is 25.0 Å². The van der Waals surface area contributed by atoms with E-state index in [1.54, 1.807) is 13.8 Å². The standard InChI is InChI=1S/C10H10BClFNO3/c1-10(2)6-3-5(9(12)14-16)8(13)4-7(6)11(15)17-10/h3-4,15-16H,1-2H3. The highest BCUT2D eigenvalue weighted by atomic mass is 35.5. The van der Waals surface area contributed by atoms with E-state index in [0.29, 0.717) is 11.0 Å². The van der Waals surface area contributed by atoms with Gasteiger partial charge in [0, 0.05) is 0 Å². The number of benzene rings is 1. The summed E-state index contributed by atoms with van der Waals surface area (Å²) in [6, 6.07) is 2.56. The summed E-state index contributed by atoms with van der Waals surface area (Å²) in [6.45, 7) is 3.49. The normalized spacial score (nSPS) is 18.4. The number of nitrogens with zero attached hydrogens (tertiary/aromatic N) is 1. The van der Waals surface area contributed by atoms with Gasteiger partial charge in [-0.25, -0.2) is 4.39 Å². The maximum Gasteiger partial charge on any atom is 0.492 e. The number of hydrogen-bond donors (Lipinski definition) is 2. The highest BCUT2D eigenvalue weighted by molar-refractivity contribution is 6.69. The van der Waals surface area contributed by atoms with E-state index in [0.717, 1.165) is 6.07 Å². The Hall–Kier alpha value is -1.11. The third-order valence-corrected chi connectivity index (χ3v) is 3.05. The van der Waals surface area contributed by atoms with Crippen LogP contribution in [-0.2, 0) is 10.3 Å². The van der Waals surface area contributed by atoms with Crippen molar-refractivity contribution < 1.29 is 19.3 Å². The van der Waals surface area contributed by atoms with Crippen LogP contribution in [0, 0.1) is 5.82 Å². The lowest BCUT2D eigenvalue weighted by Crippen LogP contribution is -2.29. The summed E-state index contributed by atoms with van der Waals surface area (Å²) in [5.41, 5.74) is 0.199. The van der Waals surface area contributed by atoms with Crippen molar-refractivity contribution >= 4 is 29.4 Å². The lowest BCUT2D eigenvalue weighted by atomic mass is 9.77. The molecule has 0 amide bonds. The van der Waals surface area contributed by atoms with Gasteiger partial charge >= 0.3 is 7.12 Å². The monoisotopic (exact) mass is 257 g/mol. The minimum atomic E-state index is -1.16. The van der Waals surface area contributed by atoms with Crippen LogP contribution in [0.15, 0.2) is 17.3 Å². The summed E-state index contributed by atoms with van der Waals surface area (Å²) < 4.78 is 19.0. The van der Waals surface area contributed by atoms with Crippen LogP contribution in [0.2, 0.25) is 0 Å². The molecule has 7 heteroatoms. The zero-order chi connectivity index (χ0) is 12.8. The number of rotatable bonds is 1. The van der Waals surface area contributed by atoms with Gasteiger partial charge in [0.25, 0.3) is 0 Å². The van der Waals surface area contributed by atoms with E-state index < -0.39 is 18.5 Å². The quantitative estimate of drug-likeness (QED) is 0.343. The van der Waals surface area contributed by atoms with Crippen LogP contribution in [0.25, 0.3) is 0 Å². The molecule has 0 saturated carbocycles. The van der Waals surface area contributed by atoms with Gasteiger partial charge in [0.1, 0.15) is 5.82 Å². The first-order valence-corrected chi connectivity index (χ1v) is 5.32. The van der Waals surface area contributed by atoms with E-state index in [1.165, 1.54) is 6.07 Å². The predicted molar refractivity (Wildman–Crippen MR) is 62.3 cm³/mol. The molecule has 0 radical (unpaired) electrons. The summed E-state index contributed by atoms with van der Waals surface area (Å²) in [5, 5.41) is 20.6. The van der Waals surface area contributed by atoms with Gasteiger partial charge in [-0.15, -0.1) is 0 Å². The lowest BCUT2D eigenvalue weighted by molar-refractivity contribution is 0.101. The van der Waals surface area contributed by atoms with Crippen molar-refractivity contribution in [1.29, 1.82) is 0 Å². The molecule has 0 atom stereocenters. The molecular weight excluding hydrogens is 247 g/mol. The second kappa shape index (κ2) is 3.98. The first-order valence-electron chi connectivity index (χ1n) is 4.94. The molecule has 1 heterocycles. The average molecular weight is 257 g/mol. The zero-order valence-electron chi connectivity index (χ0n) is 9.24. The van der Waals surface area contributed by atoms with Gasteiger partial charge < -0.3 is 14.9 Å². The largest absolute Gasteiger partial charge is 0.492 e. The number of halogens is 2. The van der Waals surface area contributed by atoms with E-state index in [1.807, 2.05) is 0 Å². The van der Waals surface area contributed by atoms with Crippen LogP contribution in [0.3, 0.4) is 0 Å². The van der Waals surface area contributed by atoms with Gasteiger partial charge in [-0.05, 0) is 37.0 Å².